The number of anilines is 1. The van der Waals surface area contributed by atoms with Gasteiger partial charge in [0, 0.05) is 5.56 Å². The number of carbonyl (C=O) groups is 2. The molecule has 2 aromatic heterocycles. The highest BCUT2D eigenvalue weighted by molar-refractivity contribution is 7.19. The van der Waals surface area contributed by atoms with Crippen molar-refractivity contribution in [2.75, 3.05) is 12.4 Å². The van der Waals surface area contributed by atoms with Crippen LogP contribution in [0.1, 0.15) is 23.0 Å². The van der Waals surface area contributed by atoms with Crippen LogP contribution in [0.5, 0.6) is 0 Å². The summed E-state index contributed by atoms with van der Waals surface area (Å²) in [7, 11) is 1.27. The van der Waals surface area contributed by atoms with Crippen molar-refractivity contribution >= 4 is 39.2 Å². The normalized spacial score (nSPS) is 10.8. The van der Waals surface area contributed by atoms with Crippen molar-refractivity contribution in [3.8, 4) is 16.4 Å². The Labute approximate surface area is 181 Å². The number of aryl methyl sites for hydroxylation is 1. The lowest BCUT2D eigenvalue weighted by Crippen LogP contribution is -2.22. The Hall–Kier alpha value is -3.85. The third-order valence-corrected chi connectivity index (χ3v) is 5.77. The average Bonchev–Trinajstić information content (AvgIpc) is 3.13. The fourth-order valence-electron chi connectivity index (χ4n) is 3.17. The molecule has 4 rings (SSSR count). The van der Waals surface area contributed by atoms with E-state index in [0.29, 0.717) is 43.7 Å². The van der Waals surface area contributed by atoms with Crippen LogP contribution in [0.3, 0.4) is 0 Å². The van der Waals surface area contributed by atoms with Crippen LogP contribution in [-0.4, -0.2) is 33.5 Å². The van der Waals surface area contributed by atoms with E-state index in [1.54, 1.807) is 49.4 Å². The Kier molecular flexibility index (Phi) is 5.35. The second-order valence-corrected chi connectivity index (χ2v) is 7.75. The quantitative estimate of drug-likeness (QED) is 0.483. The predicted octanol–water partition coefficient (Wildman–Crippen LogP) is 4.20. The maximum atomic E-state index is 13.4. The van der Waals surface area contributed by atoms with Crippen LogP contribution >= 0.6 is 11.3 Å². The van der Waals surface area contributed by atoms with Gasteiger partial charge in [-0.25, -0.2) is 14.8 Å². The van der Waals surface area contributed by atoms with E-state index in [1.807, 2.05) is 6.07 Å². The molecule has 1 amide bonds. The van der Waals surface area contributed by atoms with Gasteiger partial charge in [0.1, 0.15) is 0 Å². The molecule has 1 N–H and O–H groups in total. The Morgan fingerprint density at radius 2 is 1.77 bits per heavy atom. The summed E-state index contributed by atoms with van der Waals surface area (Å²) in [6.07, 6.45) is -0.635. The number of carbonyl (C=O) groups excluding carboxylic acids is 2. The van der Waals surface area contributed by atoms with Crippen molar-refractivity contribution in [3.63, 3.8) is 0 Å². The van der Waals surface area contributed by atoms with Gasteiger partial charge in [-0.05, 0) is 50.2 Å². The van der Waals surface area contributed by atoms with Crippen LogP contribution in [-0.2, 0) is 4.74 Å². The molecule has 0 aliphatic heterocycles. The summed E-state index contributed by atoms with van der Waals surface area (Å²) < 4.78 is 6.12. The lowest BCUT2D eigenvalue weighted by atomic mass is 10.1. The van der Waals surface area contributed by atoms with E-state index in [2.05, 4.69) is 15.0 Å². The number of nitrogens with one attached hydrogen (secondary N) is 1. The Bertz CT molecular complexity index is 1370. The average molecular weight is 434 g/mol. The van der Waals surface area contributed by atoms with Gasteiger partial charge in [0.05, 0.1) is 34.3 Å². The molecule has 0 aliphatic rings. The minimum atomic E-state index is -0.635. The molecule has 0 fully saturated rings. The molecule has 0 radical (unpaired) electrons. The molecule has 0 bridgehead atoms. The number of rotatable bonds is 4. The molecule has 0 saturated heterocycles. The van der Waals surface area contributed by atoms with Crippen LogP contribution < -0.4 is 10.9 Å². The number of hydrogen-bond donors (Lipinski definition) is 1. The molecule has 0 atom stereocenters. The number of thiazole rings is 1. The third kappa shape index (κ3) is 3.82. The summed E-state index contributed by atoms with van der Waals surface area (Å²) in [5.41, 5.74) is 2.03. The van der Waals surface area contributed by atoms with Crippen molar-refractivity contribution in [2.24, 2.45) is 0 Å². The van der Waals surface area contributed by atoms with Gasteiger partial charge in [0.2, 0.25) is 0 Å². The highest BCUT2D eigenvalue weighted by Gasteiger charge is 2.20. The van der Waals surface area contributed by atoms with Gasteiger partial charge >= 0.3 is 6.09 Å². The number of methoxy groups -OCH3 is 1. The molecule has 9 heteroatoms. The lowest BCUT2D eigenvalue weighted by molar-refractivity contribution is 0.101. The summed E-state index contributed by atoms with van der Waals surface area (Å²) >= 11 is 1.19. The van der Waals surface area contributed by atoms with E-state index in [1.165, 1.54) is 29.9 Å². The minimum Gasteiger partial charge on any atom is -0.453 e. The molecular weight excluding hydrogens is 416 g/mol. The number of hydrogen-bond acceptors (Lipinski definition) is 7. The number of aromatic nitrogens is 3. The molecule has 2 aromatic carbocycles. The second-order valence-electron chi connectivity index (χ2n) is 6.75. The summed E-state index contributed by atoms with van der Waals surface area (Å²) in [5.74, 6) is 0.333. The Balaban J connectivity index is 1.97. The van der Waals surface area contributed by atoms with Gasteiger partial charge < -0.3 is 4.74 Å². The number of fused-ring (bicyclic) bond motifs is 1. The summed E-state index contributed by atoms with van der Waals surface area (Å²) in [6.45, 7) is 3.26. The standard InChI is InChI=1S/C22H18N4O4S/c1-12-18(31-21(23-12)25-22(29)30-3)19-24-17-7-5-4-6-16(17)20(28)26(19)15-10-8-14(9-11-15)13(2)27/h4-11H,1-3H3,(H,23,25,29). The van der Waals surface area contributed by atoms with E-state index in [-0.39, 0.29) is 11.3 Å². The molecule has 31 heavy (non-hydrogen) atoms. The number of nitrogens with zero attached hydrogens (tertiary/aromatic N) is 3. The zero-order chi connectivity index (χ0) is 22.1. The first-order valence-corrected chi connectivity index (χ1v) is 10.2. The Morgan fingerprint density at radius 1 is 1.06 bits per heavy atom. The molecule has 0 aliphatic carbocycles. The SMILES string of the molecule is COC(=O)Nc1nc(C)c(-c2nc3ccccc3c(=O)n2-c2ccc(C(C)=O)cc2)s1. The van der Waals surface area contributed by atoms with Crippen LogP contribution in [0, 0.1) is 6.92 Å². The molecule has 4 aromatic rings. The van der Waals surface area contributed by atoms with E-state index < -0.39 is 6.09 Å². The lowest BCUT2D eigenvalue weighted by Gasteiger charge is -2.13. The summed E-state index contributed by atoms with van der Waals surface area (Å²) in [5, 5.41) is 3.35. The number of ether oxygens (including phenoxy) is 1. The van der Waals surface area contributed by atoms with Gasteiger partial charge in [-0.2, -0.15) is 0 Å². The number of ketones is 1. The highest BCUT2D eigenvalue weighted by Crippen LogP contribution is 2.33. The monoisotopic (exact) mass is 434 g/mol. The fraction of sp³-hybridized carbons (Fsp3) is 0.136. The third-order valence-electron chi connectivity index (χ3n) is 4.70. The molecule has 0 spiro atoms. The predicted molar refractivity (Wildman–Crippen MR) is 119 cm³/mol. The smallest absolute Gasteiger partial charge is 0.413 e. The largest absolute Gasteiger partial charge is 0.453 e. The van der Waals surface area contributed by atoms with E-state index >= 15 is 0 Å². The highest BCUT2D eigenvalue weighted by atomic mass is 32.1. The molecule has 0 unspecified atom stereocenters. The van der Waals surface area contributed by atoms with Crippen molar-refractivity contribution in [1.29, 1.82) is 0 Å². The van der Waals surface area contributed by atoms with Crippen molar-refractivity contribution in [3.05, 3.63) is 70.1 Å². The summed E-state index contributed by atoms with van der Waals surface area (Å²) in [4.78, 5) is 46.4. The minimum absolute atomic E-state index is 0.0624. The van der Waals surface area contributed by atoms with Crippen molar-refractivity contribution in [2.45, 2.75) is 13.8 Å². The summed E-state index contributed by atoms with van der Waals surface area (Å²) in [6, 6.07) is 13.9. The van der Waals surface area contributed by atoms with Crippen LogP contribution in [0.15, 0.2) is 53.3 Å². The maximum absolute atomic E-state index is 13.4. The van der Waals surface area contributed by atoms with Gasteiger partial charge in [-0.15, -0.1) is 0 Å². The van der Waals surface area contributed by atoms with E-state index in [9.17, 15) is 14.4 Å². The van der Waals surface area contributed by atoms with Crippen LogP contribution in [0.4, 0.5) is 9.93 Å². The first kappa shape index (κ1) is 20.4. The topological polar surface area (TPSA) is 103 Å². The van der Waals surface area contributed by atoms with Crippen LogP contribution in [0.2, 0.25) is 0 Å². The van der Waals surface area contributed by atoms with E-state index in [0.717, 1.165) is 0 Å². The van der Waals surface area contributed by atoms with Gasteiger partial charge in [-0.3, -0.25) is 19.5 Å². The molecular formula is C22H18N4O4S. The van der Waals surface area contributed by atoms with Crippen LogP contribution in [0.25, 0.3) is 27.3 Å². The first-order chi connectivity index (χ1) is 14.9. The first-order valence-electron chi connectivity index (χ1n) is 9.35. The maximum Gasteiger partial charge on any atom is 0.413 e. The molecule has 0 saturated carbocycles. The fourth-order valence-corrected chi connectivity index (χ4v) is 4.10. The number of amides is 1. The van der Waals surface area contributed by atoms with Gasteiger partial charge in [0.15, 0.2) is 16.7 Å². The Morgan fingerprint density at radius 3 is 2.45 bits per heavy atom. The molecule has 156 valence electrons. The molecule has 8 nitrogen and oxygen atoms in total. The zero-order valence-corrected chi connectivity index (χ0v) is 17.8. The number of benzene rings is 2. The van der Waals surface area contributed by atoms with Gasteiger partial charge in [-0.1, -0.05) is 23.5 Å². The number of Topliss-reactive ketones (excluding diaryl/α,β-unsaturated/α-hetero) is 1. The van der Waals surface area contributed by atoms with Crippen molar-refractivity contribution < 1.29 is 14.3 Å². The van der Waals surface area contributed by atoms with Crippen molar-refractivity contribution in [1.82, 2.24) is 14.5 Å². The number of para-hydroxylation sites is 1. The zero-order valence-electron chi connectivity index (χ0n) is 17.0. The van der Waals surface area contributed by atoms with Gasteiger partial charge in [0.25, 0.3) is 5.56 Å². The second kappa shape index (κ2) is 8.11. The molecule has 2 heterocycles. The van der Waals surface area contributed by atoms with E-state index in [4.69, 9.17) is 4.98 Å².